The van der Waals surface area contributed by atoms with Crippen LogP contribution < -0.4 is 0 Å². The molecule has 0 fully saturated rings. The van der Waals surface area contributed by atoms with Crippen LogP contribution in [0.5, 0.6) is 0 Å². The molecule has 2 unspecified atom stereocenters. The van der Waals surface area contributed by atoms with Crippen LogP contribution in [0.15, 0.2) is 0 Å². The van der Waals surface area contributed by atoms with Crippen LogP contribution in [0.25, 0.3) is 0 Å². The third-order valence-electron chi connectivity index (χ3n) is 1.42. The fraction of sp³-hybridized carbons (Fsp3) is 0.857. The monoisotopic (exact) mass is 208 g/mol. The Morgan fingerprint density at radius 2 is 2.20 bits per heavy atom. The molecule has 0 saturated carbocycles. The van der Waals surface area contributed by atoms with Crippen LogP contribution in [0, 0.1) is 0 Å². The van der Waals surface area contributed by atoms with Gasteiger partial charge in [-0.1, -0.05) is 22.9 Å². The van der Waals surface area contributed by atoms with Crippen LogP contribution in [0.3, 0.4) is 0 Å². The lowest BCUT2D eigenvalue weighted by atomic mass is 10.1. The van der Waals surface area contributed by atoms with E-state index in [0.717, 1.165) is 6.42 Å². The van der Waals surface area contributed by atoms with Gasteiger partial charge in [-0.05, 0) is 13.3 Å². The van der Waals surface area contributed by atoms with Crippen molar-refractivity contribution in [2.75, 3.05) is 7.11 Å². The van der Waals surface area contributed by atoms with E-state index < -0.39 is 0 Å². The highest BCUT2D eigenvalue weighted by Gasteiger charge is 2.19. The number of rotatable bonds is 4. The summed E-state index contributed by atoms with van der Waals surface area (Å²) in [5.74, 6) is 0.119. The summed E-state index contributed by atoms with van der Waals surface area (Å²) in [6.07, 6.45) is 0.865. The molecule has 60 valence electrons. The number of hydrogen-bond donors (Lipinski definition) is 0. The van der Waals surface area contributed by atoms with E-state index in [9.17, 15) is 4.79 Å². The second-order valence-electron chi connectivity index (χ2n) is 2.19. The Labute approximate surface area is 70.1 Å². The van der Waals surface area contributed by atoms with E-state index in [2.05, 4.69) is 15.9 Å². The van der Waals surface area contributed by atoms with Crippen molar-refractivity contribution in [3.05, 3.63) is 0 Å². The average molecular weight is 209 g/mol. The maximum absolute atomic E-state index is 10.8. The van der Waals surface area contributed by atoms with Crippen molar-refractivity contribution < 1.29 is 9.53 Å². The Bertz CT molecular complexity index is 110. The molecule has 0 aliphatic heterocycles. The van der Waals surface area contributed by atoms with Gasteiger partial charge in [0.05, 0.1) is 10.9 Å². The van der Waals surface area contributed by atoms with E-state index in [1.165, 1.54) is 0 Å². The maximum atomic E-state index is 10.8. The molecular weight excluding hydrogens is 196 g/mol. The average Bonchev–Trinajstić information content (AvgIpc) is 1.90. The molecule has 0 aromatic heterocycles. The normalized spacial score (nSPS) is 16.4. The van der Waals surface area contributed by atoms with Crippen molar-refractivity contribution in [2.24, 2.45) is 0 Å². The van der Waals surface area contributed by atoms with Gasteiger partial charge >= 0.3 is 0 Å². The largest absolute Gasteiger partial charge is 0.380 e. The van der Waals surface area contributed by atoms with Crippen LogP contribution in [-0.4, -0.2) is 23.8 Å². The summed E-state index contributed by atoms with van der Waals surface area (Å²) in [5, 5.41) is 0. The molecule has 0 aliphatic rings. The Balaban J connectivity index is 3.88. The third-order valence-corrected chi connectivity index (χ3v) is 2.65. The smallest absolute Gasteiger partial charge is 0.146 e. The minimum Gasteiger partial charge on any atom is -0.380 e. The lowest BCUT2D eigenvalue weighted by molar-refractivity contribution is -0.118. The Hall–Kier alpha value is 0.110. The number of hydrogen-bond acceptors (Lipinski definition) is 2. The first-order chi connectivity index (χ1) is 4.63. The van der Waals surface area contributed by atoms with E-state index in [-0.39, 0.29) is 16.7 Å². The van der Waals surface area contributed by atoms with Gasteiger partial charge < -0.3 is 4.74 Å². The van der Waals surface area contributed by atoms with Crippen LogP contribution in [0.2, 0.25) is 0 Å². The van der Waals surface area contributed by atoms with Crippen molar-refractivity contribution in [1.29, 1.82) is 0 Å². The molecule has 0 spiro atoms. The highest BCUT2D eigenvalue weighted by molar-refractivity contribution is 9.10. The van der Waals surface area contributed by atoms with Crippen molar-refractivity contribution in [2.45, 2.75) is 31.2 Å². The molecule has 0 N–H and O–H groups in total. The van der Waals surface area contributed by atoms with Gasteiger partial charge in [0.15, 0.2) is 0 Å². The number of methoxy groups -OCH3 is 1. The molecule has 2 nitrogen and oxygen atoms in total. The van der Waals surface area contributed by atoms with Crippen LogP contribution in [-0.2, 0) is 9.53 Å². The zero-order chi connectivity index (χ0) is 8.15. The summed E-state index contributed by atoms with van der Waals surface area (Å²) in [5.41, 5.74) is 0. The van der Waals surface area contributed by atoms with E-state index >= 15 is 0 Å². The summed E-state index contributed by atoms with van der Waals surface area (Å²) in [6.45, 7) is 3.55. The maximum Gasteiger partial charge on any atom is 0.146 e. The molecule has 0 rings (SSSR count). The molecule has 0 saturated heterocycles. The molecule has 0 radical (unpaired) electrons. The van der Waals surface area contributed by atoms with Crippen molar-refractivity contribution in [3.63, 3.8) is 0 Å². The van der Waals surface area contributed by atoms with E-state index in [1.54, 1.807) is 14.0 Å². The van der Waals surface area contributed by atoms with Gasteiger partial charge in [-0.3, -0.25) is 4.79 Å². The topological polar surface area (TPSA) is 26.3 Å². The second kappa shape index (κ2) is 4.85. The predicted octanol–water partition coefficient (Wildman–Crippen LogP) is 1.76. The van der Waals surface area contributed by atoms with Crippen LogP contribution in [0.1, 0.15) is 20.3 Å². The molecular formula is C7H13BrO2. The molecule has 0 amide bonds. The van der Waals surface area contributed by atoms with Crippen molar-refractivity contribution >= 4 is 21.7 Å². The fourth-order valence-corrected chi connectivity index (χ4v) is 1.34. The predicted molar refractivity (Wildman–Crippen MR) is 44.5 cm³/mol. The molecule has 0 aromatic rings. The molecule has 0 aliphatic carbocycles. The Kier molecular flexibility index (Phi) is 4.91. The van der Waals surface area contributed by atoms with Crippen molar-refractivity contribution in [3.8, 4) is 0 Å². The summed E-state index contributed by atoms with van der Waals surface area (Å²) < 4.78 is 5.05. The van der Waals surface area contributed by atoms with E-state index in [0.29, 0.717) is 0 Å². The number of carbonyl (C=O) groups excluding carboxylic acids is 1. The van der Waals surface area contributed by atoms with Gasteiger partial charge in [0.25, 0.3) is 0 Å². The zero-order valence-corrected chi connectivity index (χ0v) is 8.14. The molecule has 3 heteroatoms. The van der Waals surface area contributed by atoms with Gasteiger partial charge in [0, 0.05) is 7.11 Å². The standard InChI is InChI=1S/C7H13BrO2/c1-4-6(10-3)7(8)5(2)9/h6-7H,4H2,1-3H3. The minimum atomic E-state index is -0.150. The quantitative estimate of drug-likeness (QED) is 0.659. The lowest BCUT2D eigenvalue weighted by Gasteiger charge is -2.16. The van der Waals surface area contributed by atoms with Crippen molar-refractivity contribution in [1.82, 2.24) is 0 Å². The third kappa shape index (κ3) is 2.80. The van der Waals surface area contributed by atoms with Crippen LogP contribution in [0.4, 0.5) is 0 Å². The number of carbonyl (C=O) groups is 1. The highest BCUT2D eigenvalue weighted by atomic mass is 79.9. The molecule has 2 atom stereocenters. The zero-order valence-electron chi connectivity index (χ0n) is 6.56. The first-order valence-electron chi connectivity index (χ1n) is 3.30. The molecule has 0 bridgehead atoms. The minimum absolute atomic E-state index is 0.0116. The first kappa shape index (κ1) is 10.1. The highest BCUT2D eigenvalue weighted by Crippen LogP contribution is 2.12. The number of ketones is 1. The number of alkyl halides is 1. The summed E-state index contributed by atoms with van der Waals surface area (Å²) in [4.78, 5) is 10.6. The Morgan fingerprint density at radius 3 is 2.30 bits per heavy atom. The number of Topliss-reactive ketones (excluding diaryl/α,β-unsaturated/α-hetero) is 1. The summed E-state index contributed by atoms with van der Waals surface area (Å²) >= 11 is 3.25. The van der Waals surface area contributed by atoms with Gasteiger partial charge in [0.1, 0.15) is 5.78 Å². The first-order valence-corrected chi connectivity index (χ1v) is 4.22. The van der Waals surface area contributed by atoms with Gasteiger partial charge in [-0.15, -0.1) is 0 Å². The SMILES string of the molecule is CCC(OC)C(Br)C(C)=O. The summed E-state index contributed by atoms with van der Waals surface area (Å²) in [6, 6.07) is 0. The van der Waals surface area contributed by atoms with Crippen LogP contribution >= 0.6 is 15.9 Å². The Morgan fingerprint density at radius 1 is 1.70 bits per heavy atom. The van der Waals surface area contributed by atoms with Gasteiger partial charge in [0.2, 0.25) is 0 Å². The molecule has 0 heterocycles. The number of ether oxygens (including phenoxy) is 1. The molecule has 10 heavy (non-hydrogen) atoms. The van der Waals surface area contributed by atoms with E-state index in [1.807, 2.05) is 6.92 Å². The van der Waals surface area contributed by atoms with Gasteiger partial charge in [-0.2, -0.15) is 0 Å². The second-order valence-corrected chi connectivity index (χ2v) is 3.18. The molecule has 0 aromatic carbocycles. The number of halogens is 1. The summed E-state index contributed by atoms with van der Waals surface area (Å²) in [7, 11) is 1.62. The lowest BCUT2D eigenvalue weighted by Crippen LogP contribution is -2.27. The van der Waals surface area contributed by atoms with E-state index in [4.69, 9.17) is 4.74 Å². The van der Waals surface area contributed by atoms with Gasteiger partial charge in [-0.25, -0.2) is 0 Å². The fourth-order valence-electron chi connectivity index (χ4n) is 0.755.